The van der Waals surface area contributed by atoms with Crippen molar-refractivity contribution < 1.29 is 22.0 Å². The Balaban J connectivity index is 1.44. The quantitative estimate of drug-likeness (QED) is 0.642. The molecule has 0 saturated heterocycles. The summed E-state index contributed by atoms with van der Waals surface area (Å²) in [7, 11) is -3.63. The summed E-state index contributed by atoms with van der Waals surface area (Å²) in [4.78, 5) is 12.1. The zero-order chi connectivity index (χ0) is 20.9. The molecule has 2 aromatic rings. The van der Waals surface area contributed by atoms with Crippen LogP contribution in [0.15, 0.2) is 41.3 Å². The molecule has 1 aliphatic carbocycles. The fourth-order valence-electron chi connectivity index (χ4n) is 3.38. The molecular formula is C21H24F2N2O3S. The van der Waals surface area contributed by atoms with Gasteiger partial charge in [-0.2, -0.15) is 0 Å². The maximum absolute atomic E-state index is 13.5. The first-order chi connectivity index (χ1) is 13.8. The van der Waals surface area contributed by atoms with Crippen molar-refractivity contribution in [2.75, 3.05) is 6.54 Å². The molecule has 1 aliphatic rings. The zero-order valence-corrected chi connectivity index (χ0v) is 16.8. The first kappa shape index (κ1) is 21.4. The molecule has 2 aromatic carbocycles. The lowest BCUT2D eigenvalue weighted by atomic mass is 9.92. The number of carbonyl (C=O) groups excluding carboxylic acids is 1. The average Bonchev–Trinajstić information content (AvgIpc) is 2.71. The molecule has 0 fully saturated rings. The predicted octanol–water partition coefficient (Wildman–Crippen LogP) is 3.22. The minimum Gasteiger partial charge on any atom is -0.352 e. The zero-order valence-electron chi connectivity index (χ0n) is 16.0. The fourth-order valence-corrected chi connectivity index (χ4v) is 4.50. The third kappa shape index (κ3) is 5.83. The number of amides is 1. The molecule has 2 N–H and O–H groups in total. The number of fused-ring (bicyclic) bond motifs is 1. The highest BCUT2D eigenvalue weighted by Gasteiger charge is 2.17. The normalized spacial score (nSPS) is 13.7. The van der Waals surface area contributed by atoms with Crippen LogP contribution in [0.2, 0.25) is 0 Å². The van der Waals surface area contributed by atoms with E-state index in [9.17, 15) is 22.0 Å². The second kappa shape index (κ2) is 9.45. The maximum Gasteiger partial charge on any atom is 0.240 e. The van der Waals surface area contributed by atoms with Crippen LogP contribution in [0, 0.1) is 11.6 Å². The van der Waals surface area contributed by atoms with Gasteiger partial charge >= 0.3 is 0 Å². The summed E-state index contributed by atoms with van der Waals surface area (Å²) in [6, 6.07) is 8.27. The van der Waals surface area contributed by atoms with E-state index in [1.807, 2.05) is 6.07 Å². The van der Waals surface area contributed by atoms with Gasteiger partial charge in [-0.05, 0) is 73.6 Å². The van der Waals surface area contributed by atoms with E-state index >= 15 is 0 Å². The second-order valence-electron chi connectivity index (χ2n) is 7.15. The minimum atomic E-state index is -3.63. The molecule has 0 spiro atoms. The van der Waals surface area contributed by atoms with Crippen molar-refractivity contribution in [2.24, 2.45) is 0 Å². The molecule has 29 heavy (non-hydrogen) atoms. The number of rotatable bonds is 8. The Labute approximate surface area is 169 Å². The van der Waals surface area contributed by atoms with Gasteiger partial charge in [0, 0.05) is 25.1 Å². The van der Waals surface area contributed by atoms with Crippen LogP contribution in [-0.4, -0.2) is 20.9 Å². The number of aryl methyl sites for hydroxylation is 2. The van der Waals surface area contributed by atoms with Crippen molar-refractivity contribution in [3.63, 3.8) is 0 Å². The lowest BCUT2D eigenvalue weighted by molar-refractivity contribution is -0.121. The van der Waals surface area contributed by atoms with Crippen LogP contribution >= 0.6 is 0 Å². The van der Waals surface area contributed by atoms with E-state index in [0.717, 1.165) is 49.4 Å². The number of halogens is 2. The smallest absolute Gasteiger partial charge is 0.240 e. The van der Waals surface area contributed by atoms with E-state index in [4.69, 9.17) is 0 Å². The van der Waals surface area contributed by atoms with Crippen molar-refractivity contribution >= 4 is 15.9 Å². The van der Waals surface area contributed by atoms with Gasteiger partial charge in [-0.1, -0.05) is 6.07 Å². The molecular weight excluding hydrogens is 398 g/mol. The van der Waals surface area contributed by atoms with Crippen LogP contribution in [0.4, 0.5) is 8.78 Å². The number of benzene rings is 2. The Morgan fingerprint density at radius 3 is 2.55 bits per heavy atom. The molecule has 0 aliphatic heterocycles. The molecule has 8 heteroatoms. The van der Waals surface area contributed by atoms with Gasteiger partial charge in [0.1, 0.15) is 11.6 Å². The minimum absolute atomic E-state index is 0.0615. The lowest BCUT2D eigenvalue weighted by Gasteiger charge is -2.16. The van der Waals surface area contributed by atoms with E-state index in [1.54, 1.807) is 12.1 Å². The predicted molar refractivity (Wildman–Crippen MR) is 106 cm³/mol. The SMILES string of the molecule is O=C(CCCNS(=O)(=O)c1ccc2c(c1)CCCC2)NCc1cc(F)ccc1F. The van der Waals surface area contributed by atoms with Gasteiger partial charge in [0.2, 0.25) is 15.9 Å². The molecule has 1 amide bonds. The summed E-state index contributed by atoms with van der Waals surface area (Å²) < 4.78 is 54.1. The molecule has 0 heterocycles. The third-order valence-electron chi connectivity index (χ3n) is 4.99. The topological polar surface area (TPSA) is 75.3 Å². The van der Waals surface area contributed by atoms with Crippen LogP contribution < -0.4 is 10.0 Å². The highest BCUT2D eigenvalue weighted by molar-refractivity contribution is 7.89. The van der Waals surface area contributed by atoms with Crippen LogP contribution in [0.1, 0.15) is 42.4 Å². The lowest BCUT2D eigenvalue weighted by Crippen LogP contribution is -2.28. The van der Waals surface area contributed by atoms with Crippen molar-refractivity contribution in [3.8, 4) is 0 Å². The monoisotopic (exact) mass is 422 g/mol. The van der Waals surface area contributed by atoms with Crippen molar-refractivity contribution in [1.29, 1.82) is 0 Å². The molecule has 5 nitrogen and oxygen atoms in total. The number of nitrogens with one attached hydrogen (secondary N) is 2. The third-order valence-corrected chi connectivity index (χ3v) is 6.45. The Bertz CT molecular complexity index is 993. The molecule has 0 saturated carbocycles. The average molecular weight is 422 g/mol. The number of sulfonamides is 1. The van der Waals surface area contributed by atoms with E-state index in [0.29, 0.717) is 6.42 Å². The van der Waals surface area contributed by atoms with Gasteiger partial charge in [-0.15, -0.1) is 0 Å². The van der Waals surface area contributed by atoms with Crippen molar-refractivity contribution in [2.45, 2.75) is 50.0 Å². The highest BCUT2D eigenvalue weighted by atomic mass is 32.2. The van der Waals surface area contributed by atoms with Gasteiger partial charge in [-0.3, -0.25) is 4.79 Å². The molecule has 0 unspecified atom stereocenters. The van der Waals surface area contributed by atoms with E-state index in [1.165, 1.54) is 5.56 Å². The Morgan fingerprint density at radius 2 is 1.76 bits per heavy atom. The van der Waals surface area contributed by atoms with Crippen LogP contribution in [0.25, 0.3) is 0 Å². The molecule has 0 bridgehead atoms. The second-order valence-corrected chi connectivity index (χ2v) is 8.92. The van der Waals surface area contributed by atoms with Gasteiger partial charge in [0.05, 0.1) is 4.90 Å². The summed E-state index contributed by atoms with van der Waals surface area (Å²) in [6.45, 7) is -0.00948. The molecule has 0 atom stereocenters. The molecule has 0 radical (unpaired) electrons. The number of hydrogen-bond donors (Lipinski definition) is 2. The standard InChI is InChI=1S/C21H24F2N2O3S/c22-18-8-10-20(23)17(12-18)14-24-21(26)6-3-11-25-29(27,28)19-9-7-15-4-1-2-5-16(15)13-19/h7-10,12-13,25H,1-6,11,14H2,(H,24,26). The van der Waals surface area contributed by atoms with E-state index in [2.05, 4.69) is 10.0 Å². The summed E-state index contributed by atoms with van der Waals surface area (Å²) in [5, 5.41) is 2.51. The van der Waals surface area contributed by atoms with Gasteiger partial charge in [0.15, 0.2) is 0 Å². The Hall–Kier alpha value is -2.32. The van der Waals surface area contributed by atoms with E-state index in [-0.39, 0.29) is 35.9 Å². The van der Waals surface area contributed by atoms with Crippen LogP contribution in [0.3, 0.4) is 0 Å². The van der Waals surface area contributed by atoms with Gasteiger partial charge < -0.3 is 5.32 Å². The van der Waals surface area contributed by atoms with Crippen molar-refractivity contribution in [3.05, 3.63) is 64.7 Å². The maximum atomic E-state index is 13.5. The van der Waals surface area contributed by atoms with Crippen LogP contribution in [0.5, 0.6) is 0 Å². The molecule has 3 rings (SSSR count). The van der Waals surface area contributed by atoms with Crippen molar-refractivity contribution in [1.82, 2.24) is 10.0 Å². The molecule has 0 aromatic heterocycles. The summed E-state index contributed by atoms with van der Waals surface area (Å²) in [5.74, 6) is -1.53. The number of carbonyl (C=O) groups is 1. The Kier molecular flexibility index (Phi) is 6.97. The number of hydrogen-bond acceptors (Lipinski definition) is 3. The molecule has 156 valence electrons. The first-order valence-electron chi connectivity index (χ1n) is 9.67. The Morgan fingerprint density at radius 1 is 1.00 bits per heavy atom. The van der Waals surface area contributed by atoms with Crippen LogP contribution in [-0.2, 0) is 34.2 Å². The largest absolute Gasteiger partial charge is 0.352 e. The summed E-state index contributed by atoms with van der Waals surface area (Å²) >= 11 is 0. The summed E-state index contributed by atoms with van der Waals surface area (Å²) in [6.07, 6.45) is 4.44. The highest BCUT2D eigenvalue weighted by Crippen LogP contribution is 2.24. The van der Waals surface area contributed by atoms with E-state index < -0.39 is 21.7 Å². The van der Waals surface area contributed by atoms with Gasteiger partial charge in [-0.25, -0.2) is 21.9 Å². The fraction of sp³-hybridized carbons (Fsp3) is 0.381. The summed E-state index contributed by atoms with van der Waals surface area (Å²) in [5.41, 5.74) is 2.36. The van der Waals surface area contributed by atoms with Gasteiger partial charge in [0.25, 0.3) is 0 Å². The first-order valence-corrected chi connectivity index (χ1v) is 11.2.